The lowest BCUT2D eigenvalue weighted by Crippen LogP contribution is -2.18. The van der Waals surface area contributed by atoms with Crippen LogP contribution in [0.25, 0.3) is 0 Å². The summed E-state index contributed by atoms with van der Waals surface area (Å²) in [6.45, 7) is 6.36. The number of ether oxygens (including phenoxy) is 4. The van der Waals surface area contributed by atoms with Crippen molar-refractivity contribution in [1.29, 1.82) is 0 Å². The standard InChI is InChI=1S/C25H24O8/c1-3-22(26)18-6-10-20(11-7-18)32-16-24(28)30-14-5-15-31-25(29)17-33-21-12-8-19(9-13-21)23(27)4-2/h3-4,6-13H,1-2,5,14-17H2. The van der Waals surface area contributed by atoms with E-state index in [-0.39, 0.29) is 38.0 Å². The molecule has 8 heteroatoms. The molecular weight excluding hydrogens is 428 g/mol. The van der Waals surface area contributed by atoms with E-state index in [1.54, 1.807) is 48.5 Å². The van der Waals surface area contributed by atoms with Crippen LogP contribution in [0, 0.1) is 0 Å². The second-order valence-electron chi connectivity index (χ2n) is 6.56. The SMILES string of the molecule is C=CC(=O)c1ccc(OCC(=O)OCCCOC(=O)COc2ccc(C(=O)C=C)cc2)cc1. The normalized spacial score (nSPS) is 9.94. The van der Waals surface area contributed by atoms with Crippen molar-refractivity contribution in [3.63, 3.8) is 0 Å². The van der Waals surface area contributed by atoms with E-state index in [1.807, 2.05) is 0 Å². The summed E-state index contributed by atoms with van der Waals surface area (Å²) in [7, 11) is 0. The van der Waals surface area contributed by atoms with Gasteiger partial charge in [0.15, 0.2) is 24.8 Å². The highest BCUT2D eigenvalue weighted by Gasteiger charge is 2.08. The Hall–Kier alpha value is -4.20. The smallest absolute Gasteiger partial charge is 0.344 e. The summed E-state index contributed by atoms with van der Waals surface area (Å²) in [5.74, 6) is -0.719. The van der Waals surface area contributed by atoms with Gasteiger partial charge < -0.3 is 18.9 Å². The number of ketones is 2. The molecule has 0 aliphatic heterocycles. The van der Waals surface area contributed by atoms with Crippen LogP contribution in [0.15, 0.2) is 73.8 Å². The molecule has 0 aliphatic rings. The Balaban J connectivity index is 1.56. The van der Waals surface area contributed by atoms with Gasteiger partial charge in [-0.3, -0.25) is 9.59 Å². The molecule has 2 aromatic carbocycles. The molecule has 0 saturated heterocycles. The Kier molecular flexibility index (Phi) is 10.1. The third kappa shape index (κ3) is 8.82. The molecule has 2 aromatic rings. The van der Waals surface area contributed by atoms with E-state index in [2.05, 4.69) is 13.2 Å². The lowest BCUT2D eigenvalue weighted by atomic mass is 10.1. The maximum Gasteiger partial charge on any atom is 0.344 e. The largest absolute Gasteiger partial charge is 0.482 e. The Morgan fingerprint density at radius 2 is 1.00 bits per heavy atom. The molecule has 8 nitrogen and oxygen atoms in total. The van der Waals surface area contributed by atoms with Crippen LogP contribution in [0.2, 0.25) is 0 Å². The molecule has 172 valence electrons. The fourth-order valence-corrected chi connectivity index (χ4v) is 2.47. The summed E-state index contributed by atoms with van der Waals surface area (Å²) < 4.78 is 20.6. The average molecular weight is 452 g/mol. The maximum absolute atomic E-state index is 11.7. The number of benzene rings is 2. The highest BCUT2D eigenvalue weighted by atomic mass is 16.6. The maximum atomic E-state index is 11.7. The third-order valence-corrected chi connectivity index (χ3v) is 4.18. The van der Waals surface area contributed by atoms with Crippen LogP contribution >= 0.6 is 0 Å². The van der Waals surface area contributed by atoms with Crippen molar-refractivity contribution in [2.45, 2.75) is 6.42 Å². The van der Waals surface area contributed by atoms with Gasteiger partial charge in [-0.15, -0.1) is 0 Å². The molecule has 0 fully saturated rings. The molecule has 0 spiro atoms. The molecule has 0 bridgehead atoms. The molecule has 0 heterocycles. The molecule has 0 aromatic heterocycles. The number of carbonyl (C=O) groups is 4. The monoisotopic (exact) mass is 452 g/mol. The summed E-state index contributed by atoms with van der Waals surface area (Å²) in [5, 5.41) is 0. The number of hydrogen-bond acceptors (Lipinski definition) is 8. The van der Waals surface area contributed by atoms with E-state index in [0.717, 1.165) is 0 Å². The van der Waals surface area contributed by atoms with Crippen molar-refractivity contribution in [3.8, 4) is 11.5 Å². The lowest BCUT2D eigenvalue weighted by molar-refractivity contribution is -0.148. The van der Waals surface area contributed by atoms with Crippen molar-refractivity contribution < 1.29 is 38.1 Å². The Morgan fingerprint density at radius 1 is 0.636 bits per heavy atom. The van der Waals surface area contributed by atoms with Crippen molar-refractivity contribution >= 4 is 23.5 Å². The molecule has 0 saturated carbocycles. The zero-order valence-electron chi connectivity index (χ0n) is 18.0. The van der Waals surface area contributed by atoms with Gasteiger partial charge in [0.05, 0.1) is 13.2 Å². The second kappa shape index (κ2) is 13.3. The van der Waals surface area contributed by atoms with Gasteiger partial charge in [0, 0.05) is 17.5 Å². The Morgan fingerprint density at radius 3 is 1.33 bits per heavy atom. The zero-order chi connectivity index (χ0) is 24.1. The van der Waals surface area contributed by atoms with E-state index in [1.165, 1.54) is 12.2 Å². The first kappa shape index (κ1) is 25.1. The predicted octanol–water partition coefficient (Wildman–Crippen LogP) is 3.36. The minimum Gasteiger partial charge on any atom is -0.482 e. The summed E-state index contributed by atoms with van der Waals surface area (Å²) >= 11 is 0. The minimum atomic E-state index is -0.575. The molecule has 0 atom stereocenters. The van der Waals surface area contributed by atoms with Gasteiger partial charge in [-0.2, -0.15) is 0 Å². The van der Waals surface area contributed by atoms with Gasteiger partial charge in [0.2, 0.25) is 0 Å². The number of rotatable bonds is 14. The van der Waals surface area contributed by atoms with Crippen molar-refractivity contribution in [3.05, 3.63) is 85.0 Å². The van der Waals surface area contributed by atoms with Gasteiger partial charge in [0.1, 0.15) is 11.5 Å². The number of esters is 2. The fraction of sp³-hybridized carbons (Fsp3) is 0.200. The van der Waals surface area contributed by atoms with Gasteiger partial charge in [0.25, 0.3) is 0 Å². The zero-order valence-corrected chi connectivity index (χ0v) is 18.0. The highest BCUT2D eigenvalue weighted by Crippen LogP contribution is 2.14. The fourth-order valence-electron chi connectivity index (χ4n) is 2.47. The molecule has 0 unspecified atom stereocenters. The first-order valence-corrected chi connectivity index (χ1v) is 10.0. The van der Waals surface area contributed by atoms with Crippen LogP contribution in [-0.4, -0.2) is 49.9 Å². The molecule has 0 N–H and O–H groups in total. The van der Waals surface area contributed by atoms with Gasteiger partial charge in [-0.25, -0.2) is 9.59 Å². The molecule has 0 radical (unpaired) electrons. The quantitative estimate of drug-likeness (QED) is 0.186. The number of allylic oxidation sites excluding steroid dienone is 2. The molecule has 0 amide bonds. The molecular formula is C25H24O8. The van der Waals surface area contributed by atoms with E-state index in [4.69, 9.17) is 18.9 Å². The summed E-state index contributed by atoms with van der Waals surface area (Å²) in [6.07, 6.45) is 2.74. The number of carbonyl (C=O) groups excluding carboxylic acids is 4. The van der Waals surface area contributed by atoms with Crippen LogP contribution in [0.1, 0.15) is 27.1 Å². The molecule has 33 heavy (non-hydrogen) atoms. The topological polar surface area (TPSA) is 105 Å². The van der Waals surface area contributed by atoms with Crippen LogP contribution in [0.3, 0.4) is 0 Å². The van der Waals surface area contributed by atoms with Crippen LogP contribution < -0.4 is 9.47 Å². The van der Waals surface area contributed by atoms with E-state index in [0.29, 0.717) is 29.0 Å². The highest BCUT2D eigenvalue weighted by molar-refractivity contribution is 6.04. The lowest BCUT2D eigenvalue weighted by Gasteiger charge is -2.09. The number of hydrogen-bond donors (Lipinski definition) is 0. The van der Waals surface area contributed by atoms with Crippen molar-refractivity contribution in [1.82, 2.24) is 0 Å². The Labute approximate surface area is 191 Å². The Bertz CT molecular complexity index is 909. The van der Waals surface area contributed by atoms with Gasteiger partial charge in [-0.05, 0) is 60.7 Å². The van der Waals surface area contributed by atoms with Crippen molar-refractivity contribution in [2.75, 3.05) is 26.4 Å². The summed E-state index contributed by atoms with van der Waals surface area (Å²) in [4.78, 5) is 46.3. The second-order valence-corrected chi connectivity index (χ2v) is 6.56. The third-order valence-electron chi connectivity index (χ3n) is 4.18. The predicted molar refractivity (Wildman–Crippen MR) is 119 cm³/mol. The first-order chi connectivity index (χ1) is 15.9. The summed E-state index contributed by atoms with van der Waals surface area (Å²) in [6, 6.07) is 12.6. The van der Waals surface area contributed by atoms with Crippen LogP contribution in [0.4, 0.5) is 0 Å². The van der Waals surface area contributed by atoms with Gasteiger partial charge >= 0.3 is 11.9 Å². The minimum absolute atomic E-state index is 0.0574. The van der Waals surface area contributed by atoms with E-state index in [9.17, 15) is 19.2 Å². The van der Waals surface area contributed by atoms with Crippen LogP contribution in [-0.2, 0) is 19.1 Å². The molecule has 2 rings (SSSR count). The van der Waals surface area contributed by atoms with E-state index >= 15 is 0 Å². The molecule has 0 aliphatic carbocycles. The summed E-state index contributed by atoms with van der Waals surface area (Å²) in [5.41, 5.74) is 0.940. The van der Waals surface area contributed by atoms with E-state index < -0.39 is 11.9 Å². The average Bonchev–Trinajstić information content (AvgIpc) is 2.85. The first-order valence-electron chi connectivity index (χ1n) is 10.0. The van der Waals surface area contributed by atoms with Crippen molar-refractivity contribution in [2.24, 2.45) is 0 Å². The van der Waals surface area contributed by atoms with Gasteiger partial charge in [-0.1, -0.05) is 13.2 Å². The van der Waals surface area contributed by atoms with Crippen LogP contribution in [0.5, 0.6) is 11.5 Å².